The molecule has 2 aromatic carbocycles. The number of rotatable bonds is 2. The first kappa shape index (κ1) is 14.5. The summed E-state index contributed by atoms with van der Waals surface area (Å²) < 4.78 is 1.39. The number of aryl methyl sites for hydroxylation is 1. The standard InChI is InChI=1S/C10H12.C9H8S/c1-2-3-7-10-8-5-4-6-9-10;1-7-6-10-9-5-3-2-4-8(7)9/h3-9H,2H2,1H3;2-6H,1H3/b7-3+;. The van der Waals surface area contributed by atoms with E-state index in [0.29, 0.717) is 0 Å². The lowest BCUT2D eigenvalue weighted by atomic mass is 10.2. The highest BCUT2D eigenvalue weighted by atomic mass is 32.1. The van der Waals surface area contributed by atoms with Crippen LogP contribution in [0.1, 0.15) is 24.5 Å². The normalized spacial score (nSPS) is 10.5. The van der Waals surface area contributed by atoms with Gasteiger partial charge in [0.1, 0.15) is 0 Å². The van der Waals surface area contributed by atoms with Crippen LogP contribution in [-0.4, -0.2) is 0 Å². The van der Waals surface area contributed by atoms with Gasteiger partial charge in [-0.1, -0.05) is 67.6 Å². The number of benzene rings is 2. The third-order valence-corrected chi connectivity index (χ3v) is 4.10. The molecule has 1 heteroatoms. The summed E-state index contributed by atoms with van der Waals surface area (Å²) in [6.45, 7) is 4.29. The van der Waals surface area contributed by atoms with Gasteiger partial charge in [-0.15, -0.1) is 11.3 Å². The molecule has 102 valence electrons. The summed E-state index contributed by atoms with van der Waals surface area (Å²) in [4.78, 5) is 0. The second kappa shape index (κ2) is 7.66. The molecule has 3 aromatic rings. The van der Waals surface area contributed by atoms with E-state index in [9.17, 15) is 0 Å². The van der Waals surface area contributed by atoms with Crippen LogP contribution in [-0.2, 0) is 0 Å². The van der Waals surface area contributed by atoms with E-state index in [0.717, 1.165) is 6.42 Å². The van der Waals surface area contributed by atoms with E-state index in [1.165, 1.54) is 21.2 Å². The average Bonchev–Trinajstić information content (AvgIpc) is 2.89. The maximum absolute atomic E-state index is 2.20. The molecule has 0 fully saturated rings. The lowest BCUT2D eigenvalue weighted by molar-refractivity contribution is 1.23. The van der Waals surface area contributed by atoms with Crippen LogP contribution in [0.2, 0.25) is 0 Å². The smallest absolute Gasteiger partial charge is 0.0345 e. The average molecular weight is 280 g/mol. The third-order valence-electron chi connectivity index (χ3n) is 3.02. The molecule has 0 saturated carbocycles. The SMILES string of the molecule is CC/C=C/c1ccccc1.Cc1csc2ccccc12. The number of hydrogen-bond acceptors (Lipinski definition) is 1. The van der Waals surface area contributed by atoms with E-state index >= 15 is 0 Å². The Kier molecular flexibility index (Phi) is 5.57. The Balaban J connectivity index is 0.000000147. The van der Waals surface area contributed by atoms with E-state index in [-0.39, 0.29) is 0 Å². The van der Waals surface area contributed by atoms with Crippen LogP contribution in [0, 0.1) is 6.92 Å². The van der Waals surface area contributed by atoms with Gasteiger partial charge in [0, 0.05) is 4.70 Å². The number of allylic oxidation sites excluding steroid dienone is 1. The second-order valence-corrected chi connectivity index (χ2v) is 5.55. The first-order valence-electron chi connectivity index (χ1n) is 6.95. The predicted molar refractivity (Wildman–Crippen MR) is 92.3 cm³/mol. The van der Waals surface area contributed by atoms with Crippen LogP contribution in [0.15, 0.2) is 66.1 Å². The fraction of sp³-hybridized carbons (Fsp3) is 0.158. The van der Waals surface area contributed by atoms with Crippen LogP contribution in [0.5, 0.6) is 0 Å². The van der Waals surface area contributed by atoms with Gasteiger partial charge < -0.3 is 0 Å². The van der Waals surface area contributed by atoms with E-state index in [4.69, 9.17) is 0 Å². The van der Waals surface area contributed by atoms with Crippen molar-refractivity contribution < 1.29 is 0 Å². The first-order chi connectivity index (χ1) is 9.81. The zero-order valence-corrected chi connectivity index (χ0v) is 12.9. The van der Waals surface area contributed by atoms with Crippen molar-refractivity contribution in [2.45, 2.75) is 20.3 Å². The Morgan fingerprint density at radius 3 is 2.35 bits per heavy atom. The zero-order chi connectivity index (χ0) is 14.2. The summed E-state index contributed by atoms with van der Waals surface area (Å²) >= 11 is 1.81. The molecule has 1 aromatic heterocycles. The van der Waals surface area contributed by atoms with Crippen molar-refractivity contribution in [3.63, 3.8) is 0 Å². The fourth-order valence-electron chi connectivity index (χ4n) is 1.93. The molecule has 0 bridgehead atoms. The minimum atomic E-state index is 1.11. The van der Waals surface area contributed by atoms with Gasteiger partial charge >= 0.3 is 0 Å². The molecule has 0 atom stereocenters. The predicted octanol–water partition coefficient (Wildman–Crippen LogP) is 6.32. The number of thiophene rings is 1. The molecule has 0 amide bonds. The summed E-state index contributed by atoms with van der Waals surface area (Å²) in [6, 6.07) is 18.8. The Morgan fingerprint density at radius 2 is 1.65 bits per heavy atom. The topological polar surface area (TPSA) is 0 Å². The Hall–Kier alpha value is -1.86. The van der Waals surface area contributed by atoms with Gasteiger partial charge in [0.2, 0.25) is 0 Å². The van der Waals surface area contributed by atoms with Crippen LogP contribution in [0.3, 0.4) is 0 Å². The van der Waals surface area contributed by atoms with Crippen LogP contribution >= 0.6 is 11.3 Å². The van der Waals surface area contributed by atoms with Gasteiger partial charge in [-0.3, -0.25) is 0 Å². The zero-order valence-electron chi connectivity index (χ0n) is 12.0. The van der Waals surface area contributed by atoms with Gasteiger partial charge in [0.05, 0.1) is 0 Å². The summed E-state index contributed by atoms with van der Waals surface area (Å²) in [5.41, 5.74) is 2.67. The number of hydrogen-bond donors (Lipinski definition) is 0. The van der Waals surface area contributed by atoms with E-state index < -0.39 is 0 Å². The summed E-state index contributed by atoms with van der Waals surface area (Å²) in [5.74, 6) is 0. The number of fused-ring (bicyclic) bond motifs is 1. The highest BCUT2D eigenvalue weighted by Crippen LogP contribution is 2.24. The molecular formula is C19H20S. The lowest BCUT2D eigenvalue weighted by Gasteiger charge is -1.88. The highest BCUT2D eigenvalue weighted by molar-refractivity contribution is 7.17. The van der Waals surface area contributed by atoms with Gasteiger partial charge in [0.25, 0.3) is 0 Å². The van der Waals surface area contributed by atoms with Gasteiger partial charge in [-0.25, -0.2) is 0 Å². The van der Waals surface area contributed by atoms with E-state index in [1.807, 2.05) is 17.4 Å². The summed E-state index contributed by atoms with van der Waals surface area (Å²) in [5, 5.41) is 3.59. The van der Waals surface area contributed by atoms with E-state index in [1.54, 1.807) is 0 Å². The van der Waals surface area contributed by atoms with Crippen molar-refractivity contribution >= 4 is 27.5 Å². The molecule has 0 saturated heterocycles. The Bertz CT molecular complexity index is 662. The summed E-state index contributed by atoms with van der Waals surface area (Å²) in [7, 11) is 0. The lowest BCUT2D eigenvalue weighted by Crippen LogP contribution is -1.66. The van der Waals surface area contributed by atoms with Crippen molar-refractivity contribution in [2.75, 3.05) is 0 Å². The van der Waals surface area contributed by atoms with Crippen LogP contribution in [0.25, 0.3) is 16.2 Å². The monoisotopic (exact) mass is 280 g/mol. The molecule has 1 heterocycles. The van der Waals surface area contributed by atoms with Gasteiger partial charge in [-0.2, -0.15) is 0 Å². The molecule has 0 aliphatic carbocycles. The molecule has 0 radical (unpaired) electrons. The minimum Gasteiger partial charge on any atom is -0.144 e. The fourth-order valence-corrected chi connectivity index (χ4v) is 2.87. The van der Waals surface area contributed by atoms with Crippen LogP contribution in [0.4, 0.5) is 0 Å². The van der Waals surface area contributed by atoms with Crippen molar-refractivity contribution in [2.24, 2.45) is 0 Å². The van der Waals surface area contributed by atoms with Crippen molar-refractivity contribution in [3.8, 4) is 0 Å². The highest BCUT2D eigenvalue weighted by Gasteiger charge is 1.95. The van der Waals surface area contributed by atoms with E-state index in [2.05, 4.69) is 79.9 Å². The maximum atomic E-state index is 2.20. The van der Waals surface area contributed by atoms with Crippen molar-refractivity contribution in [3.05, 3.63) is 77.2 Å². The van der Waals surface area contributed by atoms with Gasteiger partial charge in [-0.05, 0) is 41.3 Å². The molecule has 0 spiro atoms. The van der Waals surface area contributed by atoms with Crippen molar-refractivity contribution in [1.29, 1.82) is 0 Å². The Labute approximate surface area is 125 Å². The van der Waals surface area contributed by atoms with Crippen LogP contribution < -0.4 is 0 Å². The molecule has 20 heavy (non-hydrogen) atoms. The third kappa shape index (κ3) is 4.07. The molecule has 0 nitrogen and oxygen atoms in total. The maximum Gasteiger partial charge on any atom is 0.0345 e. The van der Waals surface area contributed by atoms with Gasteiger partial charge in [0.15, 0.2) is 0 Å². The quantitative estimate of drug-likeness (QED) is 0.515. The molecule has 0 aliphatic rings. The Morgan fingerprint density at radius 1 is 0.950 bits per heavy atom. The molecule has 0 unspecified atom stereocenters. The largest absolute Gasteiger partial charge is 0.144 e. The molecule has 0 aliphatic heterocycles. The summed E-state index contributed by atoms with van der Waals surface area (Å²) in [6.07, 6.45) is 5.41. The molecule has 0 N–H and O–H groups in total. The minimum absolute atomic E-state index is 1.11. The second-order valence-electron chi connectivity index (χ2n) is 4.64. The van der Waals surface area contributed by atoms with Crippen molar-refractivity contribution in [1.82, 2.24) is 0 Å². The first-order valence-corrected chi connectivity index (χ1v) is 7.83. The molecular weight excluding hydrogens is 260 g/mol. The molecule has 3 rings (SSSR count).